The fraction of sp³-hybridized carbons (Fsp3) is 0.375. The highest BCUT2D eigenvalue weighted by atomic mass is 32.2. The molecule has 1 rings (SSSR count). The van der Waals surface area contributed by atoms with Gasteiger partial charge in [-0.2, -0.15) is 0 Å². The van der Waals surface area contributed by atoms with Crippen molar-refractivity contribution >= 4 is 11.8 Å². The Kier molecular flexibility index (Phi) is 2.75. The maximum Gasteiger partial charge on any atom is 0.0963 e. The van der Waals surface area contributed by atoms with Gasteiger partial charge in [0.25, 0.3) is 0 Å². The van der Waals surface area contributed by atoms with Crippen molar-refractivity contribution in [2.45, 2.75) is 18.9 Å². The van der Waals surface area contributed by atoms with Crippen molar-refractivity contribution in [2.24, 2.45) is 0 Å². The van der Waals surface area contributed by atoms with Gasteiger partial charge in [0.2, 0.25) is 0 Å². The number of aryl methyl sites for hydroxylation is 1. The maximum absolute atomic E-state index is 4.27. The van der Waals surface area contributed by atoms with Gasteiger partial charge in [0.05, 0.1) is 5.03 Å². The van der Waals surface area contributed by atoms with Crippen LogP contribution >= 0.6 is 11.8 Å². The molecule has 0 aliphatic heterocycles. The van der Waals surface area contributed by atoms with Crippen LogP contribution in [0, 0.1) is 13.0 Å². The monoisotopic (exact) mass is 152 g/mol. The Hall–Kier alpha value is -0.500. The molecule has 0 aliphatic rings. The SMILES string of the molecule is CCSc1cc[c]c(C)n1. The average Bonchev–Trinajstić information content (AvgIpc) is 1.88. The zero-order valence-electron chi connectivity index (χ0n) is 6.22. The third kappa shape index (κ3) is 2.03. The molecule has 0 saturated heterocycles. The van der Waals surface area contributed by atoms with Gasteiger partial charge in [-0.1, -0.05) is 6.92 Å². The molecule has 2 heteroatoms. The molecule has 1 aromatic heterocycles. The van der Waals surface area contributed by atoms with E-state index in [1.165, 1.54) is 0 Å². The van der Waals surface area contributed by atoms with Crippen LogP contribution in [-0.4, -0.2) is 10.7 Å². The van der Waals surface area contributed by atoms with Gasteiger partial charge in [0.15, 0.2) is 0 Å². The number of hydrogen-bond acceptors (Lipinski definition) is 2. The van der Waals surface area contributed by atoms with Crippen LogP contribution in [0.1, 0.15) is 12.6 Å². The summed E-state index contributed by atoms with van der Waals surface area (Å²) in [4.78, 5) is 4.27. The predicted octanol–water partition coefficient (Wildman–Crippen LogP) is 2.30. The van der Waals surface area contributed by atoms with Crippen molar-refractivity contribution in [3.63, 3.8) is 0 Å². The first kappa shape index (κ1) is 7.61. The lowest BCUT2D eigenvalue weighted by Gasteiger charge is -1.96. The summed E-state index contributed by atoms with van der Waals surface area (Å²) in [6.07, 6.45) is 0. The van der Waals surface area contributed by atoms with Crippen LogP contribution in [0.25, 0.3) is 0 Å². The summed E-state index contributed by atoms with van der Waals surface area (Å²) in [5.41, 5.74) is 0.971. The molecule has 10 heavy (non-hydrogen) atoms. The van der Waals surface area contributed by atoms with E-state index in [1.807, 2.05) is 19.1 Å². The molecule has 0 amide bonds. The van der Waals surface area contributed by atoms with Crippen molar-refractivity contribution in [2.75, 3.05) is 5.75 Å². The Morgan fingerprint density at radius 3 is 3.10 bits per heavy atom. The Morgan fingerprint density at radius 2 is 2.50 bits per heavy atom. The van der Waals surface area contributed by atoms with Gasteiger partial charge >= 0.3 is 0 Å². The molecule has 1 aromatic rings. The van der Waals surface area contributed by atoms with Gasteiger partial charge < -0.3 is 0 Å². The van der Waals surface area contributed by atoms with Crippen molar-refractivity contribution in [1.82, 2.24) is 4.98 Å². The second-order valence-corrected chi connectivity index (χ2v) is 3.23. The number of pyridine rings is 1. The van der Waals surface area contributed by atoms with Gasteiger partial charge in [0.1, 0.15) is 0 Å². The normalized spacial score (nSPS) is 9.80. The van der Waals surface area contributed by atoms with Gasteiger partial charge in [-0.15, -0.1) is 11.8 Å². The third-order valence-electron chi connectivity index (χ3n) is 1.09. The van der Waals surface area contributed by atoms with Crippen LogP contribution in [0.2, 0.25) is 0 Å². The van der Waals surface area contributed by atoms with Gasteiger partial charge in [-0.3, -0.25) is 0 Å². The topological polar surface area (TPSA) is 12.9 Å². The summed E-state index contributed by atoms with van der Waals surface area (Å²) >= 11 is 1.76. The Bertz CT molecular complexity index is 210. The fourth-order valence-corrected chi connectivity index (χ4v) is 1.36. The van der Waals surface area contributed by atoms with Gasteiger partial charge in [-0.05, 0) is 24.8 Å². The van der Waals surface area contributed by atoms with Crippen molar-refractivity contribution < 1.29 is 0 Å². The minimum absolute atomic E-state index is 0.971. The Morgan fingerprint density at radius 1 is 1.70 bits per heavy atom. The summed E-state index contributed by atoms with van der Waals surface area (Å²) in [6.45, 7) is 4.08. The van der Waals surface area contributed by atoms with Gasteiger partial charge in [0, 0.05) is 11.8 Å². The predicted molar refractivity (Wildman–Crippen MR) is 44.2 cm³/mol. The van der Waals surface area contributed by atoms with E-state index in [-0.39, 0.29) is 0 Å². The minimum Gasteiger partial charge on any atom is -0.246 e. The fourth-order valence-electron chi connectivity index (χ4n) is 0.697. The lowest BCUT2D eigenvalue weighted by Crippen LogP contribution is -1.83. The van der Waals surface area contributed by atoms with E-state index in [4.69, 9.17) is 0 Å². The zero-order valence-corrected chi connectivity index (χ0v) is 7.03. The number of aromatic nitrogens is 1. The van der Waals surface area contributed by atoms with Crippen LogP contribution in [0.5, 0.6) is 0 Å². The third-order valence-corrected chi connectivity index (χ3v) is 1.90. The van der Waals surface area contributed by atoms with Crippen molar-refractivity contribution in [1.29, 1.82) is 0 Å². The molecule has 0 fully saturated rings. The number of rotatable bonds is 2. The highest BCUT2D eigenvalue weighted by molar-refractivity contribution is 7.99. The molecule has 1 nitrogen and oxygen atoms in total. The van der Waals surface area contributed by atoms with Crippen LogP contribution in [0.3, 0.4) is 0 Å². The Balaban J connectivity index is 2.75. The van der Waals surface area contributed by atoms with E-state index in [0.717, 1.165) is 16.5 Å². The van der Waals surface area contributed by atoms with Crippen molar-refractivity contribution in [3.05, 3.63) is 23.9 Å². The summed E-state index contributed by atoms with van der Waals surface area (Å²) in [6, 6.07) is 6.91. The van der Waals surface area contributed by atoms with E-state index in [2.05, 4.69) is 18.0 Å². The van der Waals surface area contributed by atoms with Crippen LogP contribution < -0.4 is 0 Å². The molecule has 0 spiro atoms. The smallest absolute Gasteiger partial charge is 0.0963 e. The average molecular weight is 152 g/mol. The Labute approximate surface area is 65.9 Å². The molecule has 0 unspecified atom stereocenters. The van der Waals surface area contributed by atoms with Crippen LogP contribution in [0.15, 0.2) is 17.2 Å². The quantitative estimate of drug-likeness (QED) is 0.603. The molecule has 0 saturated carbocycles. The van der Waals surface area contributed by atoms with Crippen LogP contribution in [0.4, 0.5) is 0 Å². The second kappa shape index (κ2) is 3.62. The highest BCUT2D eigenvalue weighted by Gasteiger charge is 1.91. The largest absolute Gasteiger partial charge is 0.246 e. The molecular formula is C8H10NS. The van der Waals surface area contributed by atoms with E-state index in [0.29, 0.717) is 0 Å². The minimum atomic E-state index is 0.971. The van der Waals surface area contributed by atoms with E-state index >= 15 is 0 Å². The molecule has 0 bridgehead atoms. The number of hydrogen-bond donors (Lipinski definition) is 0. The van der Waals surface area contributed by atoms with Gasteiger partial charge in [-0.25, -0.2) is 4.98 Å². The molecule has 53 valence electrons. The first-order chi connectivity index (χ1) is 4.83. The van der Waals surface area contributed by atoms with E-state index < -0.39 is 0 Å². The zero-order chi connectivity index (χ0) is 7.40. The molecule has 0 aromatic carbocycles. The number of thioether (sulfide) groups is 1. The summed E-state index contributed by atoms with van der Waals surface area (Å²) in [7, 11) is 0. The van der Waals surface area contributed by atoms with E-state index in [9.17, 15) is 0 Å². The molecule has 0 atom stereocenters. The first-order valence-electron chi connectivity index (χ1n) is 3.31. The first-order valence-corrected chi connectivity index (χ1v) is 4.29. The second-order valence-electron chi connectivity index (χ2n) is 1.95. The lowest BCUT2D eigenvalue weighted by atomic mass is 10.4. The summed E-state index contributed by atoms with van der Waals surface area (Å²) in [5.74, 6) is 1.08. The van der Waals surface area contributed by atoms with E-state index in [1.54, 1.807) is 11.8 Å². The number of nitrogens with zero attached hydrogens (tertiary/aromatic N) is 1. The lowest BCUT2D eigenvalue weighted by molar-refractivity contribution is 1.06. The molecular weight excluding hydrogens is 142 g/mol. The molecule has 0 N–H and O–H groups in total. The summed E-state index contributed by atoms with van der Waals surface area (Å²) in [5, 5.41) is 1.10. The van der Waals surface area contributed by atoms with Crippen molar-refractivity contribution in [3.8, 4) is 0 Å². The molecule has 1 heterocycles. The maximum atomic E-state index is 4.27. The molecule has 0 aliphatic carbocycles. The molecule has 1 radical (unpaired) electrons. The standard InChI is InChI=1S/C8H10NS/c1-3-10-8-6-4-5-7(2)9-8/h4,6H,3H2,1-2H3. The summed E-state index contributed by atoms with van der Waals surface area (Å²) < 4.78 is 0. The highest BCUT2D eigenvalue weighted by Crippen LogP contribution is 2.13. The van der Waals surface area contributed by atoms with Crippen LogP contribution in [-0.2, 0) is 0 Å².